The van der Waals surface area contributed by atoms with Crippen molar-refractivity contribution >= 4 is 11.7 Å². The first-order valence-electron chi connectivity index (χ1n) is 5.31. The molecule has 0 saturated heterocycles. The minimum atomic E-state index is -4.69. The van der Waals surface area contributed by atoms with Crippen LogP contribution in [0, 0.1) is 5.41 Å². The van der Waals surface area contributed by atoms with E-state index < -0.39 is 35.0 Å². The summed E-state index contributed by atoms with van der Waals surface area (Å²) in [6, 6.07) is -0.894. The summed E-state index contributed by atoms with van der Waals surface area (Å²) in [5.74, 6) is -1.64. The minimum absolute atomic E-state index is 0.0962. The van der Waals surface area contributed by atoms with Gasteiger partial charge in [0.2, 0.25) is 5.90 Å². The molecule has 0 radical (unpaired) electrons. The first-order valence-corrected chi connectivity index (χ1v) is 5.31. The van der Waals surface area contributed by atoms with Crippen LogP contribution in [-0.4, -0.2) is 29.3 Å². The van der Waals surface area contributed by atoms with E-state index in [1.54, 1.807) is 6.92 Å². The number of carbonyl (C=O) groups is 1. The molecular formula is C11H12F3N3O2. The maximum atomic E-state index is 12.7. The van der Waals surface area contributed by atoms with Crippen molar-refractivity contribution in [3.8, 4) is 0 Å². The predicted molar refractivity (Wildman–Crippen MR) is 60.9 cm³/mol. The number of rotatable bonds is 4. The zero-order valence-electron chi connectivity index (χ0n) is 9.99. The van der Waals surface area contributed by atoms with Crippen LogP contribution in [0.15, 0.2) is 18.5 Å². The van der Waals surface area contributed by atoms with Gasteiger partial charge >= 0.3 is 6.18 Å². The van der Waals surface area contributed by atoms with Crippen LogP contribution >= 0.6 is 0 Å². The average molecular weight is 275 g/mol. The quantitative estimate of drug-likeness (QED) is 0.496. The van der Waals surface area contributed by atoms with E-state index in [1.807, 2.05) is 0 Å². The van der Waals surface area contributed by atoms with Crippen molar-refractivity contribution in [2.24, 2.45) is 5.73 Å². The van der Waals surface area contributed by atoms with Crippen molar-refractivity contribution in [1.29, 1.82) is 5.41 Å². The molecule has 0 aliphatic carbocycles. The number of ketones is 1. The van der Waals surface area contributed by atoms with Gasteiger partial charge in [0.05, 0.1) is 17.7 Å². The molecular weight excluding hydrogens is 263 g/mol. The molecule has 0 aliphatic heterocycles. The second kappa shape index (κ2) is 5.79. The normalized spacial score (nSPS) is 12.9. The van der Waals surface area contributed by atoms with E-state index >= 15 is 0 Å². The van der Waals surface area contributed by atoms with Gasteiger partial charge in [-0.3, -0.25) is 15.2 Å². The molecule has 8 heteroatoms. The van der Waals surface area contributed by atoms with Crippen LogP contribution in [0.5, 0.6) is 0 Å². The molecule has 0 fully saturated rings. The summed E-state index contributed by atoms with van der Waals surface area (Å²) in [5.41, 5.74) is 3.59. The SMILES string of the molecule is CCOC(=N)C(N)C(=O)c1cnccc1C(F)(F)F. The van der Waals surface area contributed by atoms with Gasteiger partial charge in [0.1, 0.15) is 6.04 Å². The lowest BCUT2D eigenvalue weighted by Gasteiger charge is -2.15. The number of carbonyl (C=O) groups excluding carboxylic acids is 1. The molecule has 0 spiro atoms. The number of halogens is 3. The van der Waals surface area contributed by atoms with Crippen molar-refractivity contribution in [2.75, 3.05) is 6.61 Å². The Morgan fingerprint density at radius 1 is 1.58 bits per heavy atom. The Bertz CT molecular complexity index is 488. The van der Waals surface area contributed by atoms with Gasteiger partial charge in [-0.2, -0.15) is 13.2 Å². The highest BCUT2D eigenvalue weighted by atomic mass is 19.4. The van der Waals surface area contributed by atoms with Gasteiger partial charge in [-0.15, -0.1) is 0 Å². The number of hydrogen-bond donors (Lipinski definition) is 2. The molecule has 0 saturated carbocycles. The summed E-state index contributed by atoms with van der Waals surface area (Å²) in [7, 11) is 0. The second-order valence-electron chi connectivity index (χ2n) is 3.56. The average Bonchev–Trinajstić information content (AvgIpc) is 2.36. The van der Waals surface area contributed by atoms with Crippen LogP contribution in [0.3, 0.4) is 0 Å². The highest BCUT2D eigenvalue weighted by molar-refractivity contribution is 6.13. The van der Waals surface area contributed by atoms with Crippen molar-refractivity contribution in [3.05, 3.63) is 29.6 Å². The predicted octanol–water partition coefficient (Wildman–Crippen LogP) is 1.62. The third-order valence-corrected chi connectivity index (χ3v) is 2.26. The lowest BCUT2D eigenvalue weighted by molar-refractivity contribution is -0.138. The van der Waals surface area contributed by atoms with Crippen molar-refractivity contribution in [2.45, 2.75) is 19.1 Å². The van der Waals surface area contributed by atoms with Crippen LogP contribution < -0.4 is 5.73 Å². The molecule has 1 atom stereocenters. The Kier molecular flexibility index (Phi) is 4.60. The fourth-order valence-electron chi connectivity index (χ4n) is 1.37. The molecule has 1 rings (SSSR count). The van der Waals surface area contributed by atoms with Crippen molar-refractivity contribution in [3.63, 3.8) is 0 Å². The van der Waals surface area contributed by atoms with Gasteiger partial charge in [-0.1, -0.05) is 0 Å². The maximum absolute atomic E-state index is 12.7. The summed E-state index contributed by atoms with van der Waals surface area (Å²) in [6.07, 6.45) is -2.98. The van der Waals surface area contributed by atoms with Crippen molar-refractivity contribution < 1.29 is 22.7 Å². The lowest BCUT2D eigenvalue weighted by atomic mass is 10.0. The van der Waals surface area contributed by atoms with E-state index in [4.69, 9.17) is 15.9 Å². The fourth-order valence-corrected chi connectivity index (χ4v) is 1.37. The van der Waals surface area contributed by atoms with E-state index in [0.29, 0.717) is 6.07 Å². The number of nitrogens with two attached hydrogens (primary N) is 1. The van der Waals surface area contributed by atoms with Crippen LogP contribution in [0.2, 0.25) is 0 Å². The Morgan fingerprint density at radius 3 is 2.74 bits per heavy atom. The molecule has 19 heavy (non-hydrogen) atoms. The number of nitrogens with one attached hydrogen (secondary N) is 1. The third kappa shape index (κ3) is 3.50. The van der Waals surface area contributed by atoms with Crippen LogP contribution in [-0.2, 0) is 10.9 Å². The van der Waals surface area contributed by atoms with Crippen LogP contribution in [0.25, 0.3) is 0 Å². The Balaban J connectivity index is 3.10. The van der Waals surface area contributed by atoms with Gasteiger partial charge in [0.15, 0.2) is 5.78 Å². The molecule has 1 aromatic rings. The molecule has 1 unspecified atom stereocenters. The molecule has 0 bridgehead atoms. The molecule has 3 N–H and O–H groups in total. The van der Waals surface area contributed by atoms with E-state index in [-0.39, 0.29) is 6.61 Å². The Labute approximate surface area is 107 Å². The van der Waals surface area contributed by atoms with Gasteiger partial charge in [-0.05, 0) is 13.0 Å². The largest absolute Gasteiger partial charge is 0.480 e. The summed E-state index contributed by atoms with van der Waals surface area (Å²) in [5, 5.41) is 7.33. The topological polar surface area (TPSA) is 89.1 Å². The van der Waals surface area contributed by atoms with E-state index in [0.717, 1.165) is 12.4 Å². The number of nitrogens with zero attached hydrogens (tertiary/aromatic N) is 1. The summed E-state index contributed by atoms with van der Waals surface area (Å²) >= 11 is 0. The second-order valence-corrected chi connectivity index (χ2v) is 3.56. The summed E-state index contributed by atoms with van der Waals surface area (Å²) in [6.45, 7) is 1.66. The first kappa shape index (κ1) is 15.1. The highest BCUT2D eigenvalue weighted by Crippen LogP contribution is 2.31. The van der Waals surface area contributed by atoms with Gasteiger partial charge in [-0.25, -0.2) is 0 Å². The first-order chi connectivity index (χ1) is 8.79. The maximum Gasteiger partial charge on any atom is 0.417 e. The van der Waals surface area contributed by atoms with E-state index in [9.17, 15) is 18.0 Å². The lowest BCUT2D eigenvalue weighted by Crippen LogP contribution is -2.40. The van der Waals surface area contributed by atoms with Crippen molar-refractivity contribution in [1.82, 2.24) is 4.98 Å². The third-order valence-electron chi connectivity index (χ3n) is 2.26. The monoisotopic (exact) mass is 275 g/mol. The number of alkyl halides is 3. The molecule has 5 nitrogen and oxygen atoms in total. The Hall–Kier alpha value is -1.96. The highest BCUT2D eigenvalue weighted by Gasteiger charge is 2.37. The van der Waals surface area contributed by atoms with Gasteiger partial charge in [0.25, 0.3) is 0 Å². The zero-order chi connectivity index (χ0) is 14.6. The number of ether oxygens (including phenoxy) is 1. The van der Waals surface area contributed by atoms with E-state index in [1.165, 1.54) is 0 Å². The molecule has 1 heterocycles. The molecule has 0 aliphatic rings. The smallest absolute Gasteiger partial charge is 0.417 e. The Morgan fingerprint density at radius 2 is 2.21 bits per heavy atom. The molecule has 0 aromatic carbocycles. The standard InChI is InChI=1S/C11H12F3N3O2/c1-2-19-10(16)8(15)9(18)6-5-17-4-3-7(6)11(12,13)14/h3-5,8,16H,2,15H2,1H3. The zero-order valence-corrected chi connectivity index (χ0v) is 9.99. The van der Waals surface area contributed by atoms with Crippen LogP contribution in [0.1, 0.15) is 22.8 Å². The van der Waals surface area contributed by atoms with Crippen LogP contribution in [0.4, 0.5) is 13.2 Å². The molecule has 0 amide bonds. The molecule has 104 valence electrons. The van der Waals surface area contributed by atoms with Gasteiger partial charge < -0.3 is 10.5 Å². The summed E-state index contributed by atoms with van der Waals surface area (Å²) < 4.78 is 42.9. The van der Waals surface area contributed by atoms with E-state index in [2.05, 4.69) is 4.98 Å². The summed E-state index contributed by atoms with van der Waals surface area (Å²) in [4.78, 5) is 15.3. The number of pyridine rings is 1. The number of hydrogen-bond acceptors (Lipinski definition) is 5. The number of Topliss-reactive ketones (excluding diaryl/α,β-unsaturated/α-hetero) is 1. The molecule has 1 aromatic heterocycles. The minimum Gasteiger partial charge on any atom is -0.480 e. The fraction of sp³-hybridized carbons (Fsp3) is 0.364. The van der Waals surface area contributed by atoms with Gasteiger partial charge in [0, 0.05) is 12.4 Å². The number of aromatic nitrogens is 1.